The van der Waals surface area contributed by atoms with Crippen molar-refractivity contribution in [2.45, 2.75) is 5.16 Å². The van der Waals surface area contributed by atoms with Crippen LogP contribution in [-0.4, -0.2) is 56.6 Å². The molecule has 3 aromatic rings. The molecule has 0 aliphatic carbocycles. The number of aromatic nitrogens is 9. The van der Waals surface area contributed by atoms with Crippen molar-refractivity contribution >= 4 is 23.5 Å². The maximum atomic E-state index is 11.9. The van der Waals surface area contributed by atoms with Gasteiger partial charge in [-0.1, -0.05) is 11.8 Å². The van der Waals surface area contributed by atoms with Gasteiger partial charge >= 0.3 is 0 Å². The second kappa shape index (κ2) is 6.26. The first-order valence-corrected chi connectivity index (χ1v) is 7.03. The third kappa shape index (κ3) is 3.22. The maximum Gasteiger partial charge on any atom is 0.236 e. The van der Waals surface area contributed by atoms with E-state index in [4.69, 9.17) is 0 Å². The Bertz CT molecular complexity index is 770. The fourth-order valence-electron chi connectivity index (χ4n) is 1.52. The molecule has 0 aromatic carbocycles. The van der Waals surface area contributed by atoms with E-state index in [1.165, 1.54) is 40.1 Å². The minimum atomic E-state index is -0.226. The van der Waals surface area contributed by atoms with Gasteiger partial charge < -0.3 is 5.32 Å². The van der Waals surface area contributed by atoms with Crippen LogP contribution in [0.1, 0.15) is 0 Å². The first-order chi connectivity index (χ1) is 10.7. The summed E-state index contributed by atoms with van der Waals surface area (Å²) in [6.07, 6.45) is 4.24. The molecule has 0 radical (unpaired) electrons. The minimum absolute atomic E-state index is 0.164. The van der Waals surface area contributed by atoms with Gasteiger partial charge in [0.25, 0.3) is 0 Å². The summed E-state index contributed by atoms with van der Waals surface area (Å²) in [7, 11) is 1.70. The number of hydrogen-bond donors (Lipinski definition) is 1. The molecule has 3 heterocycles. The van der Waals surface area contributed by atoms with E-state index in [-0.39, 0.29) is 11.7 Å². The zero-order valence-corrected chi connectivity index (χ0v) is 12.2. The number of carbonyl (C=O) groups excluding carboxylic acids is 1. The average Bonchev–Trinajstić information content (AvgIpc) is 3.17. The molecule has 0 bridgehead atoms. The third-order valence-electron chi connectivity index (χ3n) is 2.49. The first-order valence-electron chi connectivity index (χ1n) is 6.04. The SMILES string of the molecule is Cn1nnnc1SCC(=O)Nc1cc(-n2cncn2)ncn1. The van der Waals surface area contributed by atoms with Gasteiger partial charge in [-0.3, -0.25) is 4.79 Å². The monoisotopic (exact) mass is 318 g/mol. The maximum absolute atomic E-state index is 11.9. The number of hydrogen-bond acceptors (Lipinski definition) is 9. The highest BCUT2D eigenvalue weighted by molar-refractivity contribution is 7.99. The van der Waals surface area contributed by atoms with Crippen LogP contribution in [0.3, 0.4) is 0 Å². The number of nitrogens with one attached hydrogen (secondary N) is 1. The Morgan fingerprint density at radius 3 is 3.00 bits per heavy atom. The zero-order chi connectivity index (χ0) is 15.4. The molecular weight excluding hydrogens is 308 g/mol. The van der Waals surface area contributed by atoms with Gasteiger partial charge in [0.1, 0.15) is 24.8 Å². The Labute approximate surface area is 128 Å². The van der Waals surface area contributed by atoms with Gasteiger partial charge in [0, 0.05) is 13.1 Å². The third-order valence-corrected chi connectivity index (χ3v) is 3.50. The van der Waals surface area contributed by atoms with Crippen molar-refractivity contribution in [1.82, 2.24) is 44.9 Å². The summed E-state index contributed by atoms with van der Waals surface area (Å²) < 4.78 is 2.96. The number of carbonyl (C=O) groups is 1. The number of thioether (sulfide) groups is 1. The molecule has 11 nitrogen and oxygen atoms in total. The lowest BCUT2D eigenvalue weighted by Gasteiger charge is -2.05. The largest absolute Gasteiger partial charge is 0.310 e. The zero-order valence-electron chi connectivity index (χ0n) is 11.4. The van der Waals surface area contributed by atoms with Crippen LogP contribution in [0.15, 0.2) is 30.2 Å². The van der Waals surface area contributed by atoms with E-state index in [1.807, 2.05) is 0 Å². The molecule has 22 heavy (non-hydrogen) atoms. The van der Waals surface area contributed by atoms with Crippen LogP contribution in [0.5, 0.6) is 0 Å². The lowest BCUT2D eigenvalue weighted by molar-refractivity contribution is -0.113. The standard InChI is InChI=1S/C10H10N10OS/c1-19-10(16-17-18-19)22-3-9(21)15-7-2-8(13-5-12-7)20-6-11-4-14-20/h2,4-6H,3H2,1H3,(H,12,13,15,21). The van der Waals surface area contributed by atoms with Gasteiger partial charge in [0.2, 0.25) is 11.1 Å². The molecule has 1 amide bonds. The van der Waals surface area contributed by atoms with E-state index in [0.717, 1.165) is 0 Å². The minimum Gasteiger partial charge on any atom is -0.310 e. The molecule has 3 rings (SSSR count). The van der Waals surface area contributed by atoms with Crippen LogP contribution >= 0.6 is 11.8 Å². The van der Waals surface area contributed by atoms with Crippen molar-refractivity contribution in [2.75, 3.05) is 11.1 Å². The molecule has 112 valence electrons. The normalized spacial score (nSPS) is 10.6. The van der Waals surface area contributed by atoms with Crippen LogP contribution in [0, 0.1) is 0 Å². The summed E-state index contributed by atoms with van der Waals surface area (Å²) in [4.78, 5) is 23.8. The molecule has 0 aliphatic heterocycles. The molecule has 0 unspecified atom stereocenters. The van der Waals surface area contributed by atoms with Crippen molar-refractivity contribution in [2.24, 2.45) is 7.05 Å². The number of nitrogens with zero attached hydrogens (tertiary/aromatic N) is 9. The molecule has 1 N–H and O–H groups in total. The van der Waals surface area contributed by atoms with Crippen LogP contribution < -0.4 is 5.32 Å². The summed E-state index contributed by atoms with van der Waals surface area (Å²) in [5.41, 5.74) is 0. The highest BCUT2D eigenvalue weighted by atomic mass is 32.2. The topological polar surface area (TPSA) is 129 Å². The highest BCUT2D eigenvalue weighted by Gasteiger charge is 2.09. The van der Waals surface area contributed by atoms with Gasteiger partial charge in [-0.15, -0.1) is 5.10 Å². The highest BCUT2D eigenvalue weighted by Crippen LogP contribution is 2.13. The Balaban J connectivity index is 1.62. The molecular formula is C10H10N10OS. The van der Waals surface area contributed by atoms with Crippen LogP contribution in [0.2, 0.25) is 0 Å². The number of rotatable bonds is 5. The second-order valence-corrected chi connectivity index (χ2v) is 4.97. The fraction of sp³-hybridized carbons (Fsp3) is 0.200. The molecule has 0 saturated carbocycles. The lowest BCUT2D eigenvalue weighted by Crippen LogP contribution is -2.16. The smallest absolute Gasteiger partial charge is 0.236 e. The molecule has 0 atom stereocenters. The Morgan fingerprint density at radius 2 is 2.27 bits per heavy atom. The van der Waals surface area contributed by atoms with E-state index in [1.54, 1.807) is 13.1 Å². The predicted octanol–water partition coefficient (Wildman–Crippen LogP) is -0.688. The van der Waals surface area contributed by atoms with E-state index in [2.05, 4.69) is 40.9 Å². The summed E-state index contributed by atoms with van der Waals surface area (Å²) >= 11 is 1.23. The van der Waals surface area contributed by atoms with Gasteiger partial charge in [-0.05, 0) is 10.4 Å². The Hall–Kier alpha value is -2.89. The molecule has 0 aliphatic rings. The molecule has 0 fully saturated rings. The number of amides is 1. The second-order valence-electron chi connectivity index (χ2n) is 4.02. The molecule has 12 heteroatoms. The van der Waals surface area contributed by atoms with Gasteiger partial charge in [0.05, 0.1) is 5.75 Å². The van der Waals surface area contributed by atoms with Crippen molar-refractivity contribution in [3.63, 3.8) is 0 Å². The summed E-state index contributed by atoms with van der Waals surface area (Å²) in [5, 5.41) is 18.2. The Morgan fingerprint density at radius 1 is 1.36 bits per heavy atom. The van der Waals surface area contributed by atoms with Crippen molar-refractivity contribution < 1.29 is 4.79 Å². The summed E-state index contributed by atoms with van der Waals surface area (Å²) in [6, 6.07) is 1.60. The van der Waals surface area contributed by atoms with Gasteiger partial charge in [-0.2, -0.15) is 5.10 Å². The number of aryl methyl sites for hydroxylation is 1. The summed E-state index contributed by atoms with van der Waals surface area (Å²) in [6.45, 7) is 0. The van der Waals surface area contributed by atoms with Crippen LogP contribution in [-0.2, 0) is 11.8 Å². The van der Waals surface area contributed by atoms with E-state index in [9.17, 15) is 4.79 Å². The van der Waals surface area contributed by atoms with E-state index in [0.29, 0.717) is 16.8 Å². The molecule has 0 saturated heterocycles. The quantitative estimate of drug-likeness (QED) is 0.607. The fourth-order valence-corrected chi connectivity index (χ4v) is 2.17. The Kier molecular flexibility index (Phi) is 4.00. The molecule has 0 spiro atoms. The van der Waals surface area contributed by atoms with E-state index < -0.39 is 0 Å². The molecule has 3 aromatic heterocycles. The number of tetrazole rings is 1. The van der Waals surface area contributed by atoms with Crippen molar-refractivity contribution in [3.8, 4) is 5.82 Å². The average molecular weight is 318 g/mol. The van der Waals surface area contributed by atoms with E-state index >= 15 is 0 Å². The summed E-state index contributed by atoms with van der Waals surface area (Å²) in [5.74, 6) is 0.822. The van der Waals surface area contributed by atoms with Crippen LogP contribution in [0.4, 0.5) is 5.82 Å². The first kappa shape index (κ1) is 14.1. The van der Waals surface area contributed by atoms with Gasteiger partial charge in [-0.25, -0.2) is 24.3 Å². The van der Waals surface area contributed by atoms with Crippen LogP contribution in [0.25, 0.3) is 5.82 Å². The lowest BCUT2D eigenvalue weighted by atomic mass is 10.5. The van der Waals surface area contributed by atoms with Gasteiger partial charge in [0.15, 0.2) is 5.82 Å². The predicted molar refractivity (Wildman–Crippen MR) is 75.1 cm³/mol. The van der Waals surface area contributed by atoms with Crippen molar-refractivity contribution in [1.29, 1.82) is 0 Å². The van der Waals surface area contributed by atoms with Crippen molar-refractivity contribution in [3.05, 3.63) is 25.0 Å². The number of anilines is 1.